The molecule has 0 spiro atoms. The summed E-state index contributed by atoms with van der Waals surface area (Å²) in [6.07, 6.45) is 5.97. The second kappa shape index (κ2) is 7.47. The molecule has 0 bridgehead atoms. The molecule has 0 atom stereocenters. The highest BCUT2D eigenvalue weighted by molar-refractivity contribution is 5.76. The van der Waals surface area contributed by atoms with E-state index >= 15 is 0 Å². The van der Waals surface area contributed by atoms with Crippen LogP contribution < -0.4 is 11.1 Å². The zero-order valence-electron chi connectivity index (χ0n) is 12.1. The lowest BCUT2D eigenvalue weighted by atomic mass is 10.1. The van der Waals surface area contributed by atoms with E-state index in [2.05, 4.69) is 5.32 Å². The van der Waals surface area contributed by atoms with Crippen molar-refractivity contribution in [3.05, 3.63) is 0 Å². The molecule has 1 saturated carbocycles. The summed E-state index contributed by atoms with van der Waals surface area (Å²) in [7, 11) is 0. The molecule has 2 aliphatic rings. The van der Waals surface area contributed by atoms with Crippen LogP contribution in [0.15, 0.2) is 0 Å². The summed E-state index contributed by atoms with van der Waals surface area (Å²) in [5.41, 5.74) is 5.21. The van der Waals surface area contributed by atoms with E-state index in [1.54, 1.807) is 0 Å². The molecular formula is C14H26N4O2. The second-order valence-electron chi connectivity index (χ2n) is 5.92. The predicted octanol–water partition coefficient (Wildman–Crippen LogP) is 0.379. The van der Waals surface area contributed by atoms with Gasteiger partial charge >= 0.3 is 6.03 Å². The smallest absolute Gasteiger partial charge is 0.317 e. The summed E-state index contributed by atoms with van der Waals surface area (Å²) in [4.78, 5) is 27.0. The van der Waals surface area contributed by atoms with Crippen molar-refractivity contribution in [2.24, 2.45) is 11.7 Å². The summed E-state index contributed by atoms with van der Waals surface area (Å²) < 4.78 is 0. The quantitative estimate of drug-likeness (QED) is 0.782. The molecule has 0 aromatic heterocycles. The lowest BCUT2D eigenvalue weighted by molar-refractivity contribution is -0.119. The first kappa shape index (κ1) is 15.1. The molecule has 0 aromatic rings. The summed E-state index contributed by atoms with van der Waals surface area (Å²) >= 11 is 0. The Bertz CT molecular complexity index is 342. The Hall–Kier alpha value is -1.30. The molecule has 1 aliphatic heterocycles. The van der Waals surface area contributed by atoms with Gasteiger partial charge in [0, 0.05) is 32.7 Å². The van der Waals surface area contributed by atoms with Crippen LogP contribution in [-0.4, -0.2) is 61.0 Å². The fourth-order valence-corrected chi connectivity index (χ4v) is 3.11. The number of rotatable bonds is 4. The molecule has 1 heterocycles. The van der Waals surface area contributed by atoms with Gasteiger partial charge in [0.2, 0.25) is 5.91 Å². The summed E-state index contributed by atoms with van der Waals surface area (Å²) in [6.45, 7) is 4.07. The minimum absolute atomic E-state index is 0.0397. The van der Waals surface area contributed by atoms with E-state index in [0.717, 1.165) is 32.6 Å². The number of nitrogens with zero attached hydrogens (tertiary/aromatic N) is 2. The van der Waals surface area contributed by atoms with Gasteiger partial charge in [-0.25, -0.2) is 4.79 Å². The van der Waals surface area contributed by atoms with Crippen LogP contribution in [0.1, 0.15) is 32.1 Å². The number of carbonyl (C=O) groups excluding carboxylic acids is 2. The third-order valence-corrected chi connectivity index (χ3v) is 4.27. The van der Waals surface area contributed by atoms with E-state index in [1.165, 1.54) is 25.7 Å². The van der Waals surface area contributed by atoms with Crippen molar-refractivity contribution >= 4 is 11.9 Å². The summed E-state index contributed by atoms with van der Waals surface area (Å²) in [6, 6.07) is 0.0397. The molecule has 1 saturated heterocycles. The Morgan fingerprint density at radius 1 is 1.05 bits per heavy atom. The van der Waals surface area contributed by atoms with Crippen molar-refractivity contribution < 1.29 is 9.59 Å². The first-order valence-electron chi connectivity index (χ1n) is 7.68. The number of hydrogen-bond donors (Lipinski definition) is 2. The lowest BCUT2D eigenvalue weighted by Gasteiger charge is -2.22. The molecule has 20 heavy (non-hydrogen) atoms. The predicted molar refractivity (Wildman–Crippen MR) is 77.2 cm³/mol. The van der Waals surface area contributed by atoms with Crippen LogP contribution in [0.2, 0.25) is 0 Å². The Morgan fingerprint density at radius 2 is 1.80 bits per heavy atom. The van der Waals surface area contributed by atoms with Gasteiger partial charge in [0.15, 0.2) is 0 Å². The molecule has 6 nitrogen and oxygen atoms in total. The maximum absolute atomic E-state index is 12.1. The maximum Gasteiger partial charge on any atom is 0.317 e. The van der Waals surface area contributed by atoms with Gasteiger partial charge in [-0.3, -0.25) is 9.69 Å². The van der Waals surface area contributed by atoms with Crippen molar-refractivity contribution in [1.29, 1.82) is 0 Å². The number of hydrogen-bond acceptors (Lipinski definition) is 3. The minimum Gasteiger partial charge on any atom is -0.369 e. The molecular weight excluding hydrogens is 256 g/mol. The van der Waals surface area contributed by atoms with Crippen LogP contribution in [-0.2, 0) is 4.79 Å². The molecule has 0 aromatic carbocycles. The normalized spacial score (nSPS) is 21.7. The topological polar surface area (TPSA) is 78.7 Å². The van der Waals surface area contributed by atoms with E-state index in [-0.39, 0.29) is 18.5 Å². The van der Waals surface area contributed by atoms with Gasteiger partial charge in [0.25, 0.3) is 0 Å². The largest absolute Gasteiger partial charge is 0.369 e. The van der Waals surface area contributed by atoms with Crippen molar-refractivity contribution in [1.82, 2.24) is 15.1 Å². The fraction of sp³-hybridized carbons (Fsp3) is 0.857. The van der Waals surface area contributed by atoms with E-state index in [0.29, 0.717) is 12.5 Å². The molecule has 114 valence electrons. The Balaban J connectivity index is 1.71. The van der Waals surface area contributed by atoms with Crippen LogP contribution in [0.3, 0.4) is 0 Å². The molecule has 0 radical (unpaired) electrons. The van der Waals surface area contributed by atoms with Gasteiger partial charge in [0.1, 0.15) is 0 Å². The van der Waals surface area contributed by atoms with Gasteiger partial charge in [-0.15, -0.1) is 0 Å². The zero-order chi connectivity index (χ0) is 14.4. The van der Waals surface area contributed by atoms with Gasteiger partial charge < -0.3 is 16.0 Å². The van der Waals surface area contributed by atoms with Crippen LogP contribution in [0.4, 0.5) is 4.79 Å². The number of carbonyl (C=O) groups is 2. The van der Waals surface area contributed by atoms with E-state index in [9.17, 15) is 9.59 Å². The maximum atomic E-state index is 12.1. The third kappa shape index (κ3) is 4.67. The Labute approximate surface area is 120 Å². The average Bonchev–Trinajstić information content (AvgIpc) is 2.82. The highest BCUT2D eigenvalue weighted by atomic mass is 16.2. The monoisotopic (exact) mass is 282 g/mol. The molecule has 1 aliphatic carbocycles. The van der Waals surface area contributed by atoms with Gasteiger partial charge in [-0.1, -0.05) is 12.8 Å². The van der Waals surface area contributed by atoms with Crippen LogP contribution in [0.5, 0.6) is 0 Å². The van der Waals surface area contributed by atoms with Gasteiger partial charge in [0.05, 0.1) is 6.54 Å². The van der Waals surface area contributed by atoms with Crippen LogP contribution >= 0.6 is 0 Å². The van der Waals surface area contributed by atoms with Gasteiger partial charge in [-0.05, 0) is 25.2 Å². The number of amides is 3. The number of nitrogens with two attached hydrogens (primary N) is 1. The van der Waals surface area contributed by atoms with Crippen molar-refractivity contribution in [3.63, 3.8) is 0 Å². The van der Waals surface area contributed by atoms with E-state index in [4.69, 9.17) is 5.73 Å². The van der Waals surface area contributed by atoms with Gasteiger partial charge in [-0.2, -0.15) is 0 Å². The molecule has 2 fully saturated rings. The summed E-state index contributed by atoms with van der Waals surface area (Å²) in [5.74, 6) is 0.362. The van der Waals surface area contributed by atoms with Crippen LogP contribution in [0, 0.1) is 5.92 Å². The zero-order valence-corrected chi connectivity index (χ0v) is 12.1. The molecule has 0 unspecified atom stereocenters. The first-order valence-corrected chi connectivity index (χ1v) is 7.68. The highest BCUT2D eigenvalue weighted by Gasteiger charge is 2.21. The number of urea groups is 1. The SMILES string of the molecule is NC(=O)CN1CCCN(C(=O)NCC2CCCC2)CC1. The second-order valence-corrected chi connectivity index (χ2v) is 5.92. The Morgan fingerprint density at radius 3 is 2.50 bits per heavy atom. The number of primary amides is 1. The molecule has 3 amide bonds. The highest BCUT2D eigenvalue weighted by Crippen LogP contribution is 2.23. The molecule has 2 rings (SSSR count). The van der Waals surface area contributed by atoms with Crippen molar-refractivity contribution in [3.8, 4) is 0 Å². The van der Waals surface area contributed by atoms with E-state index in [1.807, 2.05) is 9.80 Å². The Kier molecular flexibility index (Phi) is 5.64. The van der Waals surface area contributed by atoms with Crippen LogP contribution in [0.25, 0.3) is 0 Å². The lowest BCUT2D eigenvalue weighted by Crippen LogP contribution is -2.43. The standard InChI is InChI=1S/C14H26N4O2/c15-13(19)11-17-6-3-7-18(9-8-17)14(20)16-10-12-4-1-2-5-12/h12H,1-11H2,(H2,15,19)(H,16,20). The first-order chi connectivity index (χ1) is 9.65. The van der Waals surface area contributed by atoms with Crippen molar-refractivity contribution in [2.45, 2.75) is 32.1 Å². The molecule has 6 heteroatoms. The average molecular weight is 282 g/mol. The minimum atomic E-state index is -0.302. The fourth-order valence-electron chi connectivity index (χ4n) is 3.11. The number of nitrogens with one attached hydrogen (secondary N) is 1. The molecule has 3 N–H and O–H groups in total. The third-order valence-electron chi connectivity index (χ3n) is 4.27. The summed E-state index contributed by atoms with van der Waals surface area (Å²) in [5, 5.41) is 3.05. The van der Waals surface area contributed by atoms with E-state index < -0.39 is 0 Å². The van der Waals surface area contributed by atoms with Crippen molar-refractivity contribution in [2.75, 3.05) is 39.3 Å².